The van der Waals surface area contributed by atoms with E-state index in [1.165, 1.54) is 12.4 Å². The van der Waals surface area contributed by atoms with Gasteiger partial charge in [-0.3, -0.25) is 4.79 Å². The summed E-state index contributed by atoms with van der Waals surface area (Å²) in [5, 5.41) is 5.87. The lowest BCUT2D eigenvalue weighted by Gasteiger charge is -2.08. The number of hydrogen-bond donors (Lipinski definition) is 2. The number of hydrogen-bond acceptors (Lipinski definition) is 5. The summed E-state index contributed by atoms with van der Waals surface area (Å²) < 4.78 is 4.93. The summed E-state index contributed by atoms with van der Waals surface area (Å²) in [5.74, 6) is 0.291. The van der Waals surface area contributed by atoms with Crippen LogP contribution < -0.4 is 10.6 Å². The molecule has 6 nitrogen and oxygen atoms in total. The van der Waals surface area contributed by atoms with Crippen molar-refractivity contribution in [2.75, 3.05) is 25.6 Å². The van der Waals surface area contributed by atoms with Crippen LogP contribution in [0.5, 0.6) is 0 Å². The molecule has 1 amide bonds. The van der Waals surface area contributed by atoms with Crippen molar-refractivity contribution < 1.29 is 9.53 Å². The van der Waals surface area contributed by atoms with Crippen LogP contribution in [-0.4, -0.2) is 36.1 Å². The molecular formula is C16H20N4O2. The van der Waals surface area contributed by atoms with Crippen LogP contribution in [0.2, 0.25) is 0 Å². The molecule has 22 heavy (non-hydrogen) atoms. The number of carbonyl (C=O) groups excluding carboxylic acids is 1. The van der Waals surface area contributed by atoms with Crippen molar-refractivity contribution in [1.29, 1.82) is 0 Å². The van der Waals surface area contributed by atoms with Gasteiger partial charge < -0.3 is 15.4 Å². The van der Waals surface area contributed by atoms with Crippen LogP contribution >= 0.6 is 0 Å². The van der Waals surface area contributed by atoms with E-state index in [0.717, 1.165) is 11.1 Å². The number of ether oxygens (including phenoxy) is 1. The molecule has 1 aromatic carbocycles. The van der Waals surface area contributed by atoms with E-state index in [4.69, 9.17) is 4.74 Å². The van der Waals surface area contributed by atoms with Gasteiger partial charge in [-0.15, -0.1) is 0 Å². The second-order valence-corrected chi connectivity index (χ2v) is 4.82. The van der Waals surface area contributed by atoms with Crippen LogP contribution in [0, 0.1) is 6.92 Å². The highest BCUT2D eigenvalue weighted by Gasteiger charge is 2.07. The van der Waals surface area contributed by atoms with Gasteiger partial charge in [-0.25, -0.2) is 9.97 Å². The number of nitrogens with zero attached hydrogens (tertiary/aromatic N) is 2. The summed E-state index contributed by atoms with van der Waals surface area (Å²) in [6, 6.07) is 7.95. The fraction of sp³-hybridized carbons (Fsp3) is 0.312. The number of methoxy groups -OCH3 is 1. The topological polar surface area (TPSA) is 76.1 Å². The first-order valence-corrected chi connectivity index (χ1v) is 7.08. The number of aryl methyl sites for hydroxylation is 1. The van der Waals surface area contributed by atoms with Gasteiger partial charge in [-0.1, -0.05) is 24.3 Å². The van der Waals surface area contributed by atoms with E-state index in [-0.39, 0.29) is 5.91 Å². The van der Waals surface area contributed by atoms with Gasteiger partial charge in [0.1, 0.15) is 0 Å². The molecule has 1 heterocycles. The van der Waals surface area contributed by atoms with E-state index in [2.05, 4.69) is 20.6 Å². The second-order valence-electron chi connectivity index (χ2n) is 4.82. The largest absolute Gasteiger partial charge is 0.383 e. The Hall–Kier alpha value is -2.47. The number of benzene rings is 1. The standard InChI is InChI=1S/C16H20N4O2/c1-12-5-3-4-6-13(12)9-18-15(21)14-10-19-16(20-11-14)17-7-8-22-2/h3-6,10-11H,7-9H2,1-2H3,(H,18,21)(H,17,19,20). The molecule has 0 unspecified atom stereocenters. The van der Waals surface area contributed by atoms with E-state index in [1.807, 2.05) is 31.2 Å². The molecule has 0 fully saturated rings. The van der Waals surface area contributed by atoms with Gasteiger partial charge in [-0.05, 0) is 18.1 Å². The molecule has 0 saturated carbocycles. The lowest BCUT2D eigenvalue weighted by molar-refractivity contribution is 0.0950. The molecule has 2 aromatic rings. The Morgan fingerprint density at radius 1 is 1.23 bits per heavy atom. The van der Waals surface area contributed by atoms with E-state index in [0.29, 0.717) is 31.2 Å². The molecule has 0 aliphatic rings. The van der Waals surface area contributed by atoms with Crippen molar-refractivity contribution in [3.63, 3.8) is 0 Å². The number of aromatic nitrogens is 2. The summed E-state index contributed by atoms with van der Waals surface area (Å²) in [5.41, 5.74) is 2.68. The van der Waals surface area contributed by atoms with Crippen molar-refractivity contribution in [3.05, 3.63) is 53.3 Å². The first-order valence-electron chi connectivity index (χ1n) is 7.08. The molecule has 0 radical (unpaired) electrons. The van der Waals surface area contributed by atoms with Crippen molar-refractivity contribution in [2.45, 2.75) is 13.5 Å². The van der Waals surface area contributed by atoms with E-state index >= 15 is 0 Å². The summed E-state index contributed by atoms with van der Waals surface area (Å²) in [6.45, 7) is 3.70. The van der Waals surface area contributed by atoms with Crippen molar-refractivity contribution >= 4 is 11.9 Å². The Morgan fingerprint density at radius 3 is 2.64 bits per heavy atom. The Labute approximate surface area is 129 Å². The van der Waals surface area contributed by atoms with Crippen molar-refractivity contribution in [3.8, 4) is 0 Å². The fourth-order valence-electron chi connectivity index (χ4n) is 1.89. The maximum absolute atomic E-state index is 12.1. The molecule has 2 rings (SSSR count). The molecule has 0 aliphatic carbocycles. The number of anilines is 1. The van der Waals surface area contributed by atoms with Gasteiger partial charge in [0.05, 0.1) is 12.2 Å². The summed E-state index contributed by atoms with van der Waals surface area (Å²) in [7, 11) is 1.63. The van der Waals surface area contributed by atoms with Gasteiger partial charge in [0, 0.05) is 32.6 Å². The highest BCUT2D eigenvalue weighted by molar-refractivity contribution is 5.93. The first-order chi connectivity index (χ1) is 10.7. The average Bonchev–Trinajstić information content (AvgIpc) is 2.55. The van der Waals surface area contributed by atoms with Crippen LogP contribution in [-0.2, 0) is 11.3 Å². The Balaban J connectivity index is 1.88. The van der Waals surface area contributed by atoms with Gasteiger partial charge in [0.15, 0.2) is 0 Å². The van der Waals surface area contributed by atoms with Crippen LogP contribution in [0.25, 0.3) is 0 Å². The molecule has 1 aromatic heterocycles. The van der Waals surface area contributed by atoms with Gasteiger partial charge in [0.2, 0.25) is 5.95 Å². The molecular weight excluding hydrogens is 280 g/mol. The minimum Gasteiger partial charge on any atom is -0.383 e. The molecule has 0 spiro atoms. The quantitative estimate of drug-likeness (QED) is 0.762. The number of nitrogens with one attached hydrogen (secondary N) is 2. The zero-order valence-corrected chi connectivity index (χ0v) is 12.8. The molecule has 0 atom stereocenters. The third-order valence-corrected chi connectivity index (χ3v) is 3.20. The monoisotopic (exact) mass is 300 g/mol. The predicted octanol–water partition coefficient (Wildman–Crippen LogP) is 1.77. The second kappa shape index (κ2) is 8.09. The van der Waals surface area contributed by atoms with E-state index in [9.17, 15) is 4.79 Å². The summed E-state index contributed by atoms with van der Waals surface area (Å²) in [6.07, 6.45) is 3.02. The van der Waals surface area contributed by atoms with Crippen LogP contribution in [0.4, 0.5) is 5.95 Å². The zero-order valence-electron chi connectivity index (χ0n) is 12.8. The lowest BCUT2D eigenvalue weighted by atomic mass is 10.1. The highest BCUT2D eigenvalue weighted by Crippen LogP contribution is 2.07. The summed E-state index contributed by atoms with van der Waals surface area (Å²) >= 11 is 0. The lowest BCUT2D eigenvalue weighted by Crippen LogP contribution is -2.23. The van der Waals surface area contributed by atoms with E-state index < -0.39 is 0 Å². The molecule has 6 heteroatoms. The fourth-order valence-corrected chi connectivity index (χ4v) is 1.89. The van der Waals surface area contributed by atoms with Crippen LogP contribution in [0.15, 0.2) is 36.7 Å². The van der Waals surface area contributed by atoms with Crippen LogP contribution in [0.3, 0.4) is 0 Å². The van der Waals surface area contributed by atoms with Gasteiger partial charge in [0.25, 0.3) is 5.91 Å². The molecule has 116 valence electrons. The first kappa shape index (κ1) is 15.9. The van der Waals surface area contributed by atoms with Crippen LogP contribution in [0.1, 0.15) is 21.5 Å². The Kier molecular flexibility index (Phi) is 5.85. The summed E-state index contributed by atoms with van der Waals surface area (Å²) in [4.78, 5) is 20.3. The van der Waals surface area contributed by atoms with Gasteiger partial charge >= 0.3 is 0 Å². The number of rotatable bonds is 7. The molecule has 0 bridgehead atoms. The van der Waals surface area contributed by atoms with E-state index in [1.54, 1.807) is 7.11 Å². The minimum absolute atomic E-state index is 0.188. The number of amides is 1. The highest BCUT2D eigenvalue weighted by atomic mass is 16.5. The maximum atomic E-state index is 12.1. The molecule has 0 aliphatic heterocycles. The Morgan fingerprint density at radius 2 is 1.95 bits per heavy atom. The SMILES string of the molecule is COCCNc1ncc(C(=O)NCc2ccccc2C)cn1. The van der Waals surface area contributed by atoms with Gasteiger partial charge in [-0.2, -0.15) is 0 Å². The third-order valence-electron chi connectivity index (χ3n) is 3.20. The zero-order chi connectivity index (χ0) is 15.8. The smallest absolute Gasteiger partial charge is 0.254 e. The maximum Gasteiger partial charge on any atom is 0.254 e. The number of carbonyl (C=O) groups is 1. The average molecular weight is 300 g/mol. The normalized spacial score (nSPS) is 10.3. The third kappa shape index (κ3) is 4.53. The predicted molar refractivity (Wildman–Crippen MR) is 84.7 cm³/mol. The van der Waals surface area contributed by atoms with Crippen molar-refractivity contribution in [2.24, 2.45) is 0 Å². The van der Waals surface area contributed by atoms with Crippen molar-refractivity contribution in [1.82, 2.24) is 15.3 Å². The minimum atomic E-state index is -0.188. The molecule has 2 N–H and O–H groups in total. The Bertz CT molecular complexity index is 614. The molecule has 0 saturated heterocycles.